The van der Waals surface area contributed by atoms with Gasteiger partial charge in [0.25, 0.3) is 0 Å². The van der Waals surface area contributed by atoms with Crippen molar-refractivity contribution in [3.8, 4) is 11.1 Å². The summed E-state index contributed by atoms with van der Waals surface area (Å²) in [6.07, 6.45) is 0. The van der Waals surface area contributed by atoms with E-state index in [4.69, 9.17) is 0 Å². The summed E-state index contributed by atoms with van der Waals surface area (Å²) in [4.78, 5) is 7.35. The summed E-state index contributed by atoms with van der Waals surface area (Å²) in [7, 11) is 0. The number of hydrogen-bond acceptors (Lipinski definition) is 4. The number of anilines is 6. The average molecular weight is 805 g/mol. The van der Waals surface area contributed by atoms with E-state index in [0.717, 1.165) is 34.1 Å². The number of quaternary nitrogens is 1. The van der Waals surface area contributed by atoms with Gasteiger partial charge in [0.05, 0.1) is 26.6 Å². The molecule has 5 heteroatoms. The summed E-state index contributed by atoms with van der Waals surface area (Å²) in [6.45, 7) is 2.27. The van der Waals surface area contributed by atoms with Gasteiger partial charge in [0.2, 0.25) is 0 Å². The van der Waals surface area contributed by atoms with E-state index >= 15 is 0 Å². The van der Waals surface area contributed by atoms with E-state index in [2.05, 4.69) is 229 Å². The van der Waals surface area contributed by atoms with Crippen molar-refractivity contribution in [2.45, 2.75) is 16.7 Å². The Morgan fingerprint density at radius 2 is 0.867 bits per heavy atom. The highest BCUT2D eigenvalue weighted by Crippen LogP contribution is 2.68. The summed E-state index contributed by atoms with van der Waals surface area (Å²) in [5.41, 5.74) is 15.8. The molecule has 284 valence electrons. The molecule has 1 spiro atoms. The fourth-order valence-electron chi connectivity index (χ4n) is 9.68. The summed E-state index contributed by atoms with van der Waals surface area (Å²) < 4.78 is 3.11. The molecule has 1 aromatic heterocycles. The maximum atomic E-state index is 2.46. The van der Waals surface area contributed by atoms with Gasteiger partial charge in [-0.25, -0.2) is 0 Å². The molecule has 3 nitrogen and oxygen atoms in total. The van der Waals surface area contributed by atoms with Crippen molar-refractivity contribution in [3.05, 3.63) is 218 Å². The highest BCUT2D eigenvalue weighted by Gasteiger charge is 2.52. The molecule has 12 rings (SSSR count). The van der Waals surface area contributed by atoms with Crippen LogP contribution in [0.5, 0.6) is 0 Å². The van der Waals surface area contributed by atoms with Crippen molar-refractivity contribution >= 4 is 100 Å². The predicted molar refractivity (Wildman–Crippen MR) is 257 cm³/mol. The Morgan fingerprint density at radius 1 is 0.367 bits per heavy atom. The van der Waals surface area contributed by atoms with Crippen molar-refractivity contribution in [1.29, 1.82) is 0 Å². The van der Waals surface area contributed by atoms with E-state index in [0.29, 0.717) is 4.48 Å². The highest BCUT2D eigenvalue weighted by atomic mass is 32.2. The molecule has 10 aromatic rings. The van der Waals surface area contributed by atoms with Gasteiger partial charge in [0.1, 0.15) is 0 Å². The molecule has 0 atom stereocenters. The van der Waals surface area contributed by atoms with E-state index < -0.39 is 0 Å². The Hall–Kier alpha value is -6.89. The maximum absolute atomic E-state index is 2.46. The molecule has 9 aromatic carbocycles. The molecule has 0 aliphatic carbocycles. The van der Waals surface area contributed by atoms with Crippen LogP contribution in [-0.2, 0) is 0 Å². The third-order valence-corrected chi connectivity index (χ3v) is 14.4. The molecule has 60 heavy (non-hydrogen) atoms. The van der Waals surface area contributed by atoms with Crippen molar-refractivity contribution in [2.75, 3.05) is 9.80 Å². The standard InChI is InChI=1S/C55H38N3S2/c1-37-33-43(56(38-17-5-2-6-18-38)39-19-7-3-8-20-39)36-54-55(37)46-34-41(29-31-51(46)59-54)57(40-21-9-4-10-22-40)42-30-32-53-50(35-42)58(49-27-15-16-28-52(49)60-53)47-25-13-11-23-44(47)45-24-12-14-26-48(45)58/h2-36H,1H3/q+1. The fraction of sp³-hybridized carbons (Fsp3) is 0.0182. The van der Waals surface area contributed by atoms with E-state index in [-0.39, 0.29) is 0 Å². The number of hydrogen-bond donors (Lipinski definition) is 0. The van der Waals surface area contributed by atoms with Crippen LogP contribution in [0, 0.1) is 6.92 Å². The van der Waals surface area contributed by atoms with E-state index in [1.165, 1.54) is 69.4 Å². The SMILES string of the molecule is Cc1cc(N(c2ccccc2)c2ccccc2)cc2sc3ccc(N(c4ccccc4)c4ccc5c(c4)[N+]4(c6ccccc6S5)c5ccccc5-c5ccccc54)cc3c12. The second-order valence-electron chi connectivity index (χ2n) is 15.5. The van der Waals surface area contributed by atoms with Crippen molar-refractivity contribution in [2.24, 2.45) is 0 Å². The third-order valence-electron chi connectivity index (χ3n) is 12.1. The molecule has 0 fully saturated rings. The fourth-order valence-corrected chi connectivity index (χ4v) is 12.0. The topological polar surface area (TPSA) is 6.48 Å². The quantitative estimate of drug-likeness (QED) is 0.155. The molecule has 0 unspecified atom stereocenters. The van der Waals surface area contributed by atoms with Gasteiger partial charge in [0, 0.05) is 72.9 Å². The first-order valence-electron chi connectivity index (χ1n) is 20.4. The van der Waals surface area contributed by atoms with Gasteiger partial charge < -0.3 is 9.80 Å². The van der Waals surface area contributed by atoms with Crippen LogP contribution in [0.15, 0.2) is 222 Å². The van der Waals surface area contributed by atoms with Gasteiger partial charge in [-0.3, -0.25) is 0 Å². The summed E-state index contributed by atoms with van der Waals surface area (Å²) in [5, 5.41) is 2.58. The maximum Gasteiger partial charge on any atom is 0.164 e. The average Bonchev–Trinajstić information content (AvgIpc) is 3.82. The van der Waals surface area contributed by atoms with E-state index in [1.807, 2.05) is 23.1 Å². The minimum atomic E-state index is 0.556. The van der Waals surface area contributed by atoms with Gasteiger partial charge in [-0.1, -0.05) is 103 Å². The largest absolute Gasteiger partial charge is 0.310 e. The van der Waals surface area contributed by atoms with Crippen LogP contribution in [0.25, 0.3) is 31.3 Å². The smallest absolute Gasteiger partial charge is 0.164 e. The molecule has 2 aliphatic rings. The number of thiophene rings is 1. The van der Waals surface area contributed by atoms with Crippen LogP contribution in [0.1, 0.15) is 5.56 Å². The number of aryl methyl sites for hydroxylation is 1. The molecule has 0 bridgehead atoms. The van der Waals surface area contributed by atoms with Crippen LogP contribution in [0.4, 0.5) is 56.9 Å². The number of fused-ring (bicyclic) bond motifs is 12. The molecular weight excluding hydrogens is 767 g/mol. The molecular formula is C55H38N3S2+. The highest BCUT2D eigenvalue weighted by molar-refractivity contribution is 7.99. The minimum absolute atomic E-state index is 0.556. The van der Waals surface area contributed by atoms with E-state index in [9.17, 15) is 0 Å². The lowest BCUT2D eigenvalue weighted by Crippen LogP contribution is -2.34. The lowest BCUT2D eigenvalue weighted by atomic mass is 10.0. The van der Waals surface area contributed by atoms with Crippen molar-refractivity contribution in [3.63, 3.8) is 0 Å². The Kier molecular flexibility index (Phi) is 8.10. The second kappa shape index (κ2) is 13.9. The molecule has 0 N–H and O–H groups in total. The van der Waals surface area contributed by atoms with Crippen LogP contribution >= 0.6 is 23.1 Å². The molecule has 2 aliphatic heterocycles. The van der Waals surface area contributed by atoms with Crippen LogP contribution < -0.4 is 14.3 Å². The van der Waals surface area contributed by atoms with Crippen LogP contribution in [0.3, 0.4) is 0 Å². The Labute approximate surface area is 358 Å². The zero-order chi connectivity index (χ0) is 39.8. The number of nitrogens with zero attached hydrogens (tertiary/aromatic N) is 3. The zero-order valence-corrected chi connectivity index (χ0v) is 34.5. The van der Waals surface area contributed by atoms with Gasteiger partial charge in [-0.2, -0.15) is 4.48 Å². The Balaban J connectivity index is 1.05. The van der Waals surface area contributed by atoms with Gasteiger partial charge in [-0.05, 0) is 110 Å². The summed E-state index contributed by atoms with van der Waals surface area (Å²) in [6, 6.07) is 78.0. The normalized spacial score (nSPS) is 13.2. The summed E-state index contributed by atoms with van der Waals surface area (Å²) in [5.74, 6) is 0. The van der Waals surface area contributed by atoms with Crippen LogP contribution in [0.2, 0.25) is 0 Å². The predicted octanol–water partition coefficient (Wildman–Crippen LogP) is 17.0. The Morgan fingerprint density at radius 3 is 1.50 bits per heavy atom. The van der Waals surface area contributed by atoms with Crippen molar-refractivity contribution in [1.82, 2.24) is 4.48 Å². The number of para-hydroxylation sites is 6. The van der Waals surface area contributed by atoms with Gasteiger partial charge >= 0.3 is 0 Å². The number of rotatable bonds is 6. The first-order valence-corrected chi connectivity index (χ1v) is 22.0. The molecule has 0 radical (unpaired) electrons. The number of benzene rings is 9. The van der Waals surface area contributed by atoms with Crippen molar-refractivity contribution < 1.29 is 0 Å². The lowest BCUT2D eigenvalue weighted by molar-refractivity contribution is 0.688. The van der Waals surface area contributed by atoms with Crippen LogP contribution in [-0.4, -0.2) is 0 Å². The molecule has 0 saturated heterocycles. The van der Waals surface area contributed by atoms with Gasteiger partial charge in [0.15, 0.2) is 22.7 Å². The van der Waals surface area contributed by atoms with E-state index in [1.54, 1.807) is 0 Å². The minimum Gasteiger partial charge on any atom is -0.310 e. The first-order chi connectivity index (χ1) is 29.7. The first kappa shape index (κ1) is 35.1. The Bertz CT molecular complexity index is 3180. The molecule has 0 saturated carbocycles. The second-order valence-corrected chi connectivity index (χ2v) is 17.7. The zero-order valence-electron chi connectivity index (χ0n) is 32.9. The lowest BCUT2D eigenvalue weighted by Gasteiger charge is -2.40. The summed E-state index contributed by atoms with van der Waals surface area (Å²) >= 11 is 3.75. The third kappa shape index (κ3) is 5.27. The molecule has 3 heterocycles. The monoisotopic (exact) mass is 804 g/mol. The van der Waals surface area contributed by atoms with Gasteiger partial charge in [-0.15, -0.1) is 11.3 Å². The molecule has 0 amide bonds.